The molecule has 0 aliphatic carbocycles. The van der Waals surface area contributed by atoms with E-state index in [1.54, 1.807) is 6.92 Å². The molecule has 4 heteroatoms. The van der Waals surface area contributed by atoms with E-state index in [0.29, 0.717) is 18.5 Å². The van der Waals surface area contributed by atoms with Crippen LogP contribution in [0.4, 0.5) is 5.69 Å². The van der Waals surface area contributed by atoms with Gasteiger partial charge >= 0.3 is 0 Å². The number of carbonyl (C=O) groups is 1. The normalized spacial score (nSPS) is 13.6. The zero-order valence-electron chi connectivity index (χ0n) is 13.6. The predicted molar refractivity (Wildman–Crippen MR) is 87.8 cm³/mol. The van der Waals surface area contributed by atoms with Crippen LogP contribution in [0.1, 0.15) is 44.5 Å². The van der Waals surface area contributed by atoms with Gasteiger partial charge in [0.15, 0.2) is 0 Å². The van der Waals surface area contributed by atoms with E-state index in [1.165, 1.54) is 0 Å². The highest BCUT2D eigenvalue weighted by Gasteiger charge is 2.10. The molecule has 0 saturated carbocycles. The molecule has 1 aromatic carbocycles. The molecule has 2 atom stereocenters. The van der Waals surface area contributed by atoms with Crippen molar-refractivity contribution in [3.63, 3.8) is 0 Å². The fraction of sp³-hybridized carbons (Fsp3) is 0.588. The molecule has 0 aromatic heterocycles. The molecule has 1 rings (SSSR count). The molecule has 0 radical (unpaired) electrons. The maximum absolute atomic E-state index is 12.1. The van der Waals surface area contributed by atoms with Gasteiger partial charge in [0.1, 0.15) is 0 Å². The van der Waals surface area contributed by atoms with Gasteiger partial charge in [0.25, 0.3) is 5.91 Å². The number of nitrogens with zero attached hydrogens (tertiary/aromatic N) is 1. The summed E-state index contributed by atoms with van der Waals surface area (Å²) < 4.78 is 0. The van der Waals surface area contributed by atoms with Gasteiger partial charge in [-0.3, -0.25) is 4.79 Å². The lowest BCUT2D eigenvalue weighted by atomic mass is 10.0. The topological polar surface area (TPSA) is 52.6 Å². The van der Waals surface area contributed by atoms with Crippen LogP contribution in [0.15, 0.2) is 24.3 Å². The molecule has 118 valence electrons. The van der Waals surface area contributed by atoms with Crippen molar-refractivity contribution in [2.24, 2.45) is 5.92 Å². The van der Waals surface area contributed by atoms with Gasteiger partial charge in [0.05, 0.1) is 6.10 Å². The Morgan fingerprint density at radius 3 is 2.24 bits per heavy atom. The van der Waals surface area contributed by atoms with Gasteiger partial charge < -0.3 is 15.3 Å². The molecule has 0 fully saturated rings. The molecule has 2 N–H and O–H groups in total. The van der Waals surface area contributed by atoms with Crippen LogP contribution in [0, 0.1) is 5.92 Å². The Hall–Kier alpha value is -1.55. The fourth-order valence-corrected chi connectivity index (χ4v) is 2.45. The highest BCUT2D eigenvalue weighted by molar-refractivity contribution is 5.94. The second-order valence-corrected chi connectivity index (χ2v) is 5.62. The van der Waals surface area contributed by atoms with E-state index in [9.17, 15) is 9.90 Å². The van der Waals surface area contributed by atoms with E-state index in [4.69, 9.17) is 0 Å². The number of rotatable bonds is 8. The quantitative estimate of drug-likeness (QED) is 0.774. The number of nitrogens with one attached hydrogen (secondary N) is 1. The molecule has 1 amide bonds. The fourth-order valence-electron chi connectivity index (χ4n) is 2.45. The third kappa shape index (κ3) is 5.76. The summed E-state index contributed by atoms with van der Waals surface area (Å²) in [7, 11) is 0. The first kappa shape index (κ1) is 17.5. The lowest BCUT2D eigenvalue weighted by Gasteiger charge is -2.21. The molecule has 0 bridgehead atoms. The number of aliphatic hydroxyl groups is 1. The Balaban J connectivity index is 2.55. The Morgan fingerprint density at radius 1 is 1.19 bits per heavy atom. The lowest BCUT2D eigenvalue weighted by Crippen LogP contribution is -2.29. The predicted octanol–water partition coefficient (Wildman–Crippen LogP) is 2.67. The Bertz CT molecular complexity index is 425. The van der Waals surface area contributed by atoms with Crippen LogP contribution in [0.3, 0.4) is 0 Å². The Kier molecular flexibility index (Phi) is 7.23. The van der Waals surface area contributed by atoms with E-state index < -0.39 is 0 Å². The molecule has 21 heavy (non-hydrogen) atoms. The molecule has 0 aliphatic heterocycles. The number of hydrogen-bond donors (Lipinski definition) is 2. The van der Waals surface area contributed by atoms with Crippen LogP contribution in [0.25, 0.3) is 0 Å². The molecule has 0 saturated heterocycles. The van der Waals surface area contributed by atoms with E-state index in [1.807, 2.05) is 31.2 Å². The monoisotopic (exact) mass is 292 g/mol. The van der Waals surface area contributed by atoms with Gasteiger partial charge in [0, 0.05) is 30.9 Å². The first-order valence-electron chi connectivity index (χ1n) is 7.79. The van der Waals surface area contributed by atoms with Crippen LogP contribution in [-0.2, 0) is 0 Å². The van der Waals surface area contributed by atoms with E-state index in [0.717, 1.165) is 18.8 Å². The average Bonchev–Trinajstić information content (AvgIpc) is 2.46. The molecular weight excluding hydrogens is 264 g/mol. The number of carbonyl (C=O) groups excluding carboxylic acids is 1. The van der Waals surface area contributed by atoms with Crippen molar-refractivity contribution in [2.75, 3.05) is 24.5 Å². The molecule has 2 unspecified atom stereocenters. The van der Waals surface area contributed by atoms with Gasteiger partial charge in [-0.05, 0) is 57.4 Å². The number of benzene rings is 1. The van der Waals surface area contributed by atoms with Gasteiger partial charge in [-0.25, -0.2) is 0 Å². The minimum absolute atomic E-state index is 0.0569. The summed E-state index contributed by atoms with van der Waals surface area (Å²) in [6, 6.07) is 7.70. The Labute approximate surface area is 128 Å². The van der Waals surface area contributed by atoms with Gasteiger partial charge in [-0.2, -0.15) is 0 Å². The summed E-state index contributed by atoms with van der Waals surface area (Å²) in [4.78, 5) is 14.3. The largest absolute Gasteiger partial charge is 0.393 e. The third-order valence-electron chi connectivity index (χ3n) is 3.61. The summed E-state index contributed by atoms with van der Waals surface area (Å²) in [5, 5.41) is 12.2. The van der Waals surface area contributed by atoms with Crippen molar-refractivity contribution in [1.29, 1.82) is 0 Å². The molecule has 0 heterocycles. The number of amides is 1. The van der Waals surface area contributed by atoms with Crippen LogP contribution in [-0.4, -0.2) is 36.8 Å². The molecule has 0 spiro atoms. The van der Waals surface area contributed by atoms with Crippen molar-refractivity contribution in [2.45, 2.75) is 40.2 Å². The molecular formula is C17H28N2O2. The zero-order valence-corrected chi connectivity index (χ0v) is 13.6. The average molecular weight is 292 g/mol. The van der Waals surface area contributed by atoms with Crippen molar-refractivity contribution in [3.8, 4) is 0 Å². The van der Waals surface area contributed by atoms with Crippen molar-refractivity contribution in [1.82, 2.24) is 5.32 Å². The lowest BCUT2D eigenvalue weighted by molar-refractivity contribution is 0.0939. The van der Waals surface area contributed by atoms with E-state index in [-0.39, 0.29) is 17.9 Å². The number of anilines is 1. The van der Waals surface area contributed by atoms with E-state index in [2.05, 4.69) is 24.1 Å². The molecule has 1 aromatic rings. The number of aliphatic hydroxyl groups excluding tert-OH is 1. The van der Waals surface area contributed by atoms with Crippen LogP contribution >= 0.6 is 0 Å². The summed E-state index contributed by atoms with van der Waals surface area (Å²) in [5.74, 6) is 0.211. The Morgan fingerprint density at radius 2 is 1.76 bits per heavy atom. The SMILES string of the molecule is CCN(CC)c1ccc(C(=O)NCC(C)CC(C)O)cc1. The maximum atomic E-state index is 12.1. The highest BCUT2D eigenvalue weighted by atomic mass is 16.3. The van der Waals surface area contributed by atoms with Crippen LogP contribution in [0.5, 0.6) is 0 Å². The summed E-state index contributed by atoms with van der Waals surface area (Å²) in [5.41, 5.74) is 1.81. The second-order valence-electron chi connectivity index (χ2n) is 5.62. The summed E-state index contributed by atoms with van der Waals surface area (Å²) >= 11 is 0. The highest BCUT2D eigenvalue weighted by Crippen LogP contribution is 2.15. The van der Waals surface area contributed by atoms with Crippen LogP contribution in [0.2, 0.25) is 0 Å². The van der Waals surface area contributed by atoms with Gasteiger partial charge in [0.2, 0.25) is 0 Å². The first-order chi connectivity index (χ1) is 9.97. The van der Waals surface area contributed by atoms with Crippen molar-refractivity contribution < 1.29 is 9.90 Å². The number of hydrogen-bond acceptors (Lipinski definition) is 3. The van der Waals surface area contributed by atoms with Crippen molar-refractivity contribution >= 4 is 11.6 Å². The molecule has 0 aliphatic rings. The first-order valence-corrected chi connectivity index (χ1v) is 7.79. The molecule has 4 nitrogen and oxygen atoms in total. The summed E-state index contributed by atoms with van der Waals surface area (Å²) in [6.07, 6.45) is 0.367. The zero-order chi connectivity index (χ0) is 15.8. The third-order valence-corrected chi connectivity index (χ3v) is 3.61. The van der Waals surface area contributed by atoms with Gasteiger partial charge in [-0.15, -0.1) is 0 Å². The minimum Gasteiger partial charge on any atom is -0.393 e. The maximum Gasteiger partial charge on any atom is 0.251 e. The standard InChI is InChI=1S/C17H28N2O2/c1-5-19(6-2)16-9-7-15(8-10-16)17(21)18-12-13(3)11-14(4)20/h7-10,13-14,20H,5-6,11-12H2,1-4H3,(H,18,21). The second kappa shape index (κ2) is 8.67. The smallest absolute Gasteiger partial charge is 0.251 e. The van der Waals surface area contributed by atoms with E-state index >= 15 is 0 Å². The minimum atomic E-state index is -0.328. The van der Waals surface area contributed by atoms with Crippen LogP contribution < -0.4 is 10.2 Å². The summed E-state index contributed by atoms with van der Waals surface area (Å²) in [6.45, 7) is 10.5. The van der Waals surface area contributed by atoms with Crippen molar-refractivity contribution in [3.05, 3.63) is 29.8 Å². The van der Waals surface area contributed by atoms with Gasteiger partial charge in [-0.1, -0.05) is 6.92 Å².